The van der Waals surface area contributed by atoms with E-state index in [0.717, 1.165) is 24.8 Å². The summed E-state index contributed by atoms with van der Waals surface area (Å²) < 4.78 is 12.9. The first-order valence-electron chi connectivity index (χ1n) is 8.62. The van der Waals surface area contributed by atoms with Crippen LogP contribution >= 0.6 is 0 Å². The third-order valence-electron chi connectivity index (χ3n) is 4.85. The molecule has 0 aliphatic heterocycles. The van der Waals surface area contributed by atoms with Crippen LogP contribution in [0.2, 0.25) is 0 Å². The fraction of sp³-hybridized carbons (Fsp3) is 0.238. The monoisotopic (exact) mass is 352 g/mol. The van der Waals surface area contributed by atoms with Gasteiger partial charge in [0, 0.05) is 17.8 Å². The predicted molar refractivity (Wildman–Crippen MR) is 99.5 cm³/mol. The molecule has 4 nitrogen and oxygen atoms in total. The van der Waals surface area contributed by atoms with E-state index in [0.29, 0.717) is 17.8 Å². The van der Waals surface area contributed by atoms with Crippen LogP contribution in [-0.2, 0) is 10.2 Å². The molecule has 1 aliphatic rings. The number of hydrogen-bond acceptors (Lipinski definition) is 2. The lowest BCUT2D eigenvalue weighted by Crippen LogP contribution is -2.49. The Bertz CT molecular complexity index is 809. The van der Waals surface area contributed by atoms with Gasteiger partial charge < -0.3 is 10.6 Å². The van der Waals surface area contributed by atoms with Gasteiger partial charge in [-0.2, -0.15) is 0 Å². The average molecular weight is 352 g/mol. The molecule has 2 aromatic carbocycles. The smallest absolute Gasteiger partial charge is 0.255 e. The van der Waals surface area contributed by atoms with Gasteiger partial charge >= 0.3 is 0 Å². The van der Waals surface area contributed by atoms with Crippen molar-refractivity contribution in [3.05, 3.63) is 78.1 Å². The minimum Gasteiger partial charge on any atom is -0.352 e. The maximum Gasteiger partial charge on any atom is 0.255 e. The average Bonchev–Trinajstić information content (AvgIpc) is 2.61. The molecule has 2 aromatic rings. The number of carbonyl (C=O) groups excluding carboxylic acids is 2. The summed E-state index contributed by atoms with van der Waals surface area (Å²) in [7, 11) is 0. The predicted octanol–water partition coefficient (Wildman–Crippen LogP) is 3.80. The van der Waals surface area contributed by atoms with E-state index in [4.69, 9.17) is 0 Å². The number of amides is 2. The highest BCUT2D eigenvalue weighted by molar-refractivity contribution is 6.04. The van der Waals surface area contributed by atoms with Gasteiger partial charge in [0.2, 0.25) is 5.91 Å². The lowest BCUT2D eigenvalue weighted by Gasteiger charge is -2.40. The summed E-state index contributed by atoms with van der Waals surface area (Å²) >= 11 is 0. The first-order chi connectivity index (χ1) is 12.5. The standard InChI is InChI=1S/C21H21FN2O2/c1-2-14-23-20(26)21(12-3-13-21)16-6-10-18(11-7-16)24-19(25)15-4-8-17(22)9-5-15/h2,4-11H,1,3,12-14H2,(H,23,26)(H,24,25). The first-order valence-corrected chi connectivity index (χ1v) is 8.62. The fourth-order valence-electron chi connectivity index (χ4n) is 3.19. The number of rotatable bonds is 6. The van der Waals surface area contributed by atoms with E-state index < -0.39 is 5.41 Å². The van der Waals surface area contributed by atoms with Crippen molar-refractivity contribution >= 4 is 17.5 Å². The van der Waals surface area contributed by atoms with Crippen molar-refractivity contribution in [1.29, 1.82) is 0 Å². The number of halogens is 1. The van der Waals surface area contributed by atoms with Gasteiger partial charge in [0.25, 0.3) is 5.91 Å². The maximum absolute atomic E-state index is 12.9. The summed E-state index contributed by atoms with van der Waals surface area (Å²) in [6.45, 7) is 4.08. The number of carbonyl (C=O) groups is 2. The Labute approximate surface area is 152 Å². The van der Waals surface area contributed by atoms with Crippen LogP contribution in [0.1, 0.15) is 35.2 Å². The topological polar surface area (TPSA) is 58.2 Å². The maximum atomic E-state index is 12.9. The molecule has 0 saturated heterocycles. The summed E-state index contributed by atoms with van der Waals surface area (Å²) in [4.78, 5) is 24.7. The van der Waals surface area contributed by atoms with Crippen LogP contribution in [0.5, 0.6) is 0 Å². The largest absolute Gasteiger partial charge is 0.352 e. The van der Waals surface area contributed by atoms with E-state index in [1.54, 1.807) is 18.2 Å². The zero-order valence-electron chi connectivity index (χ0n) is 14.4. The summed E-state index contributed by atoms with van der Waals surface area (Å²) in [5.41, 5.74) is 1.48. The van der Waals surface area contributed by atoms with E-state index >= 15 is 0 Å². The Hall–Kier alpha value is -2.95. The van der Waals surface area contributed by atoms with Gasteiger partial charge in [-0.25, -0.2) is 4.39 Å². The number of benzene rings is 2. The molecule has 134 valence electrons. The van der Waals surface area contributed by atoms with Gasteiger partial charge in [0.05, 0.1) is 5.41 Å². The van der Waals surface area contributed by atoms with E-state index in [1.165, 1.54) is 24.3 Å². The molecular weight excluding hydrogens is 331 g/mol. The van der Waals surface area contributed by atoms with E-state index in [9.17, 15) is 14.0 Å². The summed E-state index contributed by atoms with van der Waals surface area (Å²) in [6.07, 6.45) is 4.32. The molecule has 2 N–H and O–H groups in total. The molecule has 0 heterocycles. The van der Waals surface area contributed by atoms with Crippen molar-refractivity contribution in [1.82, 2.24) is 5.32 Å². The van der Waals surface area contributed by atoms with Gasteiger partial charge in [-0.1, -0.05) is 24.6 Å². The molecule has 1 aliphatic carbocycles. The highest BCUT2D eigenvalue weighted by Gasteiger charge is 2.45. The molecule has 5 heteroatoms. The Morgan fingerprint density at radius 1 is 1.08 bits per heavy atom. The Morgan fingerprint density at radius 3 is 2.27 bits per heavy atom. The fourth-order valence-corrected chi connectivity index (χ4v) is 3.19. The van der Waals surface area contributed by atoms with Crippen LogP contribution in [0.25, 0.3) is 0 Å². The molecule has 26 heavy (non-hydrogen) atoms. The van der Waals surface area contributed by atoms with Gasteiger partial charge in [-0.15, -0.1) is 6.58 Å². The summed E-state index contributed by atoms with van der Waals surface area (Å²) in [5.74, 6) is -0.669. The van der Waals surface area contributed by atoms with E-state index in [-0.39, 0.29) is 17.6 Å². The van der Waals surface area contributed by atoms with Crippen LogP contribution in [-0.4, -0.2) is 18.4 Å². The van der Waals surface area contributed by atoms with Crippen molar-refractivity contribution in [2.24, 2.45) is 0 Å². The third-order valence-corrected chi connectivity index (χ3v) is 4.85. The molecular formula is C21H21FN2O2. The molecule has 2 amide bonds. The SMILES string of the molecule is C=CCNC(=O)C1(c2ccc(NC(=O)c3ccc(F)cc3)cc2)CCC1. The zero-order chi connectivity index (χ0) is 18.6. The van der Waals surface area contributed by atoms with Crippen molar-refractivity contribution in [2.45, 2.75) is 24.7 Å². The van der Waals surface area contributed by atoms with Crippen molar-refractivity contribution in [3.8, 4) is 0 Å². The molecule has 0 aromatic heterocycles. The van der Waals surface area contributed by atoms with Crippen LogP contribution in [0.3, 0.4) is 0 Å². The lowest BCUT2D eigenvalue weighted by atomic mass is 9.64. The lowest BCUT2D eigenvalue weighted by molar-refractivity contribution is -0.129. The highest BCUT2D eigenvalue weighted by atomic mass is 19.1. The molecule has 1 fully saturated rings. The van der Waals surface area contributed by atoms with Crippen LogP contribution in [0.4, 0.5) is 10.1 Å². The first kappa shape index (κ1) is 17.9. The second-order valence-electron chi connectivity index (χ2n) is 6.47. The Morgan fingerprint density at radius 2 is 1.73 bits per heavy atom. The van der Waals surface area contributed by atoms with Crippen molar-refractivity contribution in [3.63, 3.8) is 0 Å². The molecule has 0 atom stereocenters. The Balaban J connectivity index is 1.71. The molecule has 0 unspecified atom stereocenters. The minimum atomic E-state index is -0.484. The Kier molecular flexibility index (Phi) is 5.16. The number of anilines is 1. The second kappa shape index (κ2) is 7.52. The number of nitrogens with one attached hydrogen (secondary N) is 2. The number of hydrogen-bond donors (Lipinski definition) is 2. The minimum absolute atomic E-state index is 0.0201. The van der Waals surface area contributed by atoms with Gasteiger partial charge in [-0.05, 0) is 54.8 Å². The molecule has 0 radical (unpaired) electrons. The molecule has 0 bridgehead atoms. The van der Waals surface area contributed by atoms with Crippen LogP contribution in [0, 0.1) is 5.82 Å². The van der Waals surface area contributed by atoms with Crippen LogP contribution in [0.15, 0.2) is 61.2 Å². The van der Waals surface area contributed by atoms with Gasteiger partial charge in [-0.3, -0.25) is 9.59 Å². The highest BCUT2D eigenvalue weighted by Crippen LogP contribution is 2.44. The van der Waals surface area contributed by atoms with Crippen molar-refractivity contribution < 1.29 is 14.0 Å². The van der Waals surface area contributed by atoms with Crippen molar-refractivity contribution in [2.75, 3.05) is 11.9 Å². The second-order valence-corrected chi connectivity index (χ2v) is 6.47. The zero-order valence-corrected chi connectivity index (χ0v) is 14.4. The van der Waals surface area contributed by atoms with E-state index in [1.807, 2.05) is 12.1 Å². The summed E-state index contributed by atoms with van der Waals surface area (Å²) in [5, 5.41) is 5.67. The molecule has 3 rings (SSSR count). The normalized spacial score (nSPS) is 14.8. The third kappa shape index (κ3) is 3.52. The quantitative estimate of drug-likeness (QED) is 0.777. The van der Waals surface area contributed by atoms with E-state index in [2.05, 4.69) is 17.2 Å². The van der Waals surface area contributed by atoms with Gasteiger partial charge in [0.1, 0.15) is 5.82 Å². The van der Waals surface area contributed by atoms with Gasteiger partial charge in [0.15, 0.2) is 0 Å². The summed E-state index contributed by atoms with van der Waals surface area (Å²) in [6, 6.07) is 12.7. The molecule has 1 saturated carbocycles. The molecule has 0 spiro atoms. The van der Waals surface area contributed by atoms with Crippen LogP contribution < -0.4 is 10.6 Å².